The fourth-order valence-electron chi connectivity index (χ4n) is 2.29. The zero-order valence-corrected chi connectivity index (χ0v) is 12.1. The van der Waals surface area contributed by atoms with Crippen LogP contribution < -0.4 is 0 Å². The van der Waals surface area contributed by atoms with Crippen LogP contribution in [0.5, 0.6) is 0 Å². The van der Waals surface area contributed by atoms with Gasteiger partial charge in [0.1, 0.15) is 0 Å². The molecule has 0 spiro atoms. The first-order valence-corrected chi connectivity index (χ1v) is 7.09. The lowest BCUT2D eigenvalue weighted by Gasteiger charge is -2.25. The highest BCUT2D eigenvalue weighted by Crippen LogP contribution is 2.19. The van der Waals surface area contributed by atoms with E-state index in [1.54, 1.807) is 17.3 Å². The molecule has 1 aromatic carbocycles. The molecule has 1 amide bonds. The van der Waals surface area contributed by atoms with Crippen molar-refractivity contribution in [2.75, 3.05) is 13.2 Å². The van der Waals surface area contributed by atoms with Gasteiger partial charge in [-0.05, 0) is 30.2 Å². The molecule has 0 unspecified atom stereocenters. The zero-order valence-electron chi connectivity index (χ0n) is 12.1. The molecule has 0 aliphatic heterocycles. The van der Waals surface area contributed by atoms with Crippen LogP contribution in [0.3, 0.4) is 0 Å². The summed E-state index contributed by atoms with van der Waals surface area (Å²) in [5.41, 5.74) is 1.88. The first-order valence-electron chi connectivity index (χ1n) is 7.09. The summed E-state index contributed by atoms with van der Waals surface area (Å²) in [4.78, 5) is 18.4. The number of aromatic nitrogens is 1. The number of nitrogens with zero attached hydrogens (tertiary/aromatic N) is 2. The van der Waals surface area contributed by atoms with Crippen LogP contribution in [0.1, 0.15) is 24.0 Å². The average Bonchev–Trinajstić information content (AvgIpc) is 2.55. The van der Waals surface area contributed by atoms with Gasteiger partial charge in [0.2, 0.25) is 5.91 Å². The highest BCUT2D eigenvalue weighted by Gasteiger charge is 2.24. The standard InChI is InChI=1S/C17H20N2O2/c1-2-19(12-14-8-10-18-11-9-14)17(21)16(13-20)15-6-4-3-5-7-15/h3-11,16,20H,2,12-13H2,1H3/t16-/m1/s1. The Morgan fingerprint density at radius 2 is 1.86 bits per heavy atom. The molecule has 0 saturated carbocycles. The summed E-state index contributed by atoms with van der Waals surface area (Å²) in [5, 5.41) is 9.60. The van der Waals surface area contributed by atoms with Gasteiger partial charge in [0.15, 0.2) is 0 Å². The molecule has 1 aromatic heterocycles. The Morgan fingerprint density at radius 3 is 2.43 bits per heavy atom. The van der Waals surface area contributed by atoms with Gasteiger partial charge in [0.05, 0.1) is 12.5 Å². The van der Waals surface area contributed by atoms with Gasteiger partial charge < -0.3 is 10.0 Å². The van der Waals surface area contributed by atoms with Crippen LogP contribution >= 0.6 is 0 Å². The normalized spacial score (nSPS) is 11.9. The fourth-order valence-corrected chi connectivity index (χ4v) is 2.29. The van der Waals surface area contributed by atoms with E-state index < -0.39 is 5.92 Å². The molecular weight excluding hydrogens is 264 g/mol. The summed E-state index contributed by atoms with van der Waals surface area (Å²) < 4.78 is 0. The summed E-state index contributed by atoms with van der Waals surface area (Å²) >= 11 is 0. The van der Waals surface area contributed by atoms with Gasteiger partial charge in [-0.1, -0.05) is 30.3 Å². The third-order valence-electron chi connectivity index (χ3n) is 3.50. The topological polar surface area (TPSA) is 53.4 Å². The summed E-state index contributed by atoms with van der Waals surface area (Å²) in [6.07, 6.45) is 3.43. The number of pyridine rings is 1. The van der Waals surface area contributed by atoms with Crippen molar-refractivity contribution < 1.29 is 9.90 Å². The Labute approximate surface area is 125 Å². The number of benzene rings is 1. The van der Waals surface area contributed by atoms with Crippen LogP contribution in [-0.2, 0) is 11.3 Å². The second kappa shape index (κ2) is 7.55. The molecule has 4 nitrogen and oxygen atoms in total. The number of rotatable bonds is 6. The van der Waals surface area contributed by atoms with Crippen molar-refractivity contribution in [1.82, 2.24) is 9.88 Å². The predicted molar refractivity (Wildman–Crippen MR) is 81.6 cm³/mol. The lowest BCUT2D eigenvalue weighted by molar-refractivity contribution is -0.134. The van der Waals surface area contributed by atoms with Crippen LogP contribution in [0.25, 0.3) is 0 Å². The Kier molecular flexibility index (Phi) is 5.46. The van der Waals surface area contributed by atoms with E-state index >= 15 is 0 Å². The molecule has 1 heterocycles. The minimum Gasteiger partial charge on any atom is -0.395 e. The maximum Gasteiger partial charge on any atom is 0.232 e. The zero-order chi connectivity index (χ0) is 15.1. The van der Waals surface area contributed by atoms with Gasteiger partial charge in [-0.3, -0.25) is 9.78 Å². The molecule has 0 fully saturated rings. The van der Waals surface area contributed by atoms with E-state index in [0.29, 0.717) is 13.1 Å². The number of hydrogen-bond donors (Lipinski definition) is 1. The molecular formula is C17H20N2O2. The molecule has 2 aromatic rings. The van der Waals surface area contributed by atoms with Crippen molar-refractivity contribution in [2.45, 2.75) is 19.4 Å². The van der Waals surface area contributed by atoms with Crippen LogP contribution in [0, 0.1) is 0 Å². The molecule has 0 bridgehead atoms. The number of hydrogen-bond acceptors (Lipinski definition) is 3. The van der Waals surface area contributed by atoms with E-state index in [2.05, 4.69) is 4.98 Å². The lowest BCUT2D eigenvalue weighted by atomic mass is 9.98. The van der Waals surface area contributed by atoms with E-state index in [1.807, 2.05) is 49.4 Å². The smallest absolute Gasteiger partial charge is 0.232 e. The van der Waals surface area contributed by atoms with Crippen LogP contribution in [0.15, 0.2) is 54.9 Å². The fraction of sp³-hybridized carbons (Fsp3) is 0.294. The Morgan fingerprint density at radius 1 is 1.19 bits per heavy atom. The Balaban J connectivity index is 2.15. The maximum atomic E-state index is 12.7. The molecule has 110 valence electrons. The van der Waals surface area contributed by atoms with Gasteiger partial charge >= 0.3 is 0 Å². The monoisotopic (exact) mass is 284 g/mol. The number of carbonyl (C=O) groups excluding carboxylic acids is 1. The van der Waals surface area contributed by atoms with Crippen molar-refractivity contribution in [3.8, 4) is 0 Å². The molecule has 0 aliphatic rings. The predicted octanol–water partition coefficient (Wildman–Crippen LogP) is 2.21. The van der Waals surface area contributed by atoms with Crippen molar-refractivity contribution >= 4 is 5.91 Å². The van der Waals surface area contributed by atoms with E-state index in [0.717, 1.165) is 11.1 Å². The first kappa shape index (κ1) is 15.2. The molecule has 0 radical (unpaired) electrons. The first-order chi connectivity index (χ1) is 10.3. The summed E-state index contributed by atoms with van der Waals surface area (Å²) in [6, 6.07) is 13.2. The minimum atomic E-state index is -0.506. The highest BCUT2D eigenvalue weighted by molar-refractivity contribution is 5.83. The molecule has 0 aliphatic carbocycles. The van der Waals surface area contributed by atoms with Crippen LogP contribution in [-0.4, -0.2) is 34.0 Å². The van der Waals surface area contributed by atoms with Gasteiger partial charge in [-0.2, -0.15) is 0 Å². The minimum absolute atomic E-state index is 0.0528. The van der Waals surface area contributed by atoms with Gasteiger partial charge in [-0.15, -0.1) is 0 Å². The van der Waals surface area contributed by atoms with E-state index in [-0.39, 0.29) is 12.5 Å². The van der Waals surface area contributed by atoms with Crippen molar-refractivity contribution in [2.24, 2.45) is 0 Å². The average molecular weight is 284 g/mol. The second-order valence-electron chi connectivity index (χ2n) is 4.85. The largest absolute Gasteiger partial charge is 0.395 e. The lowest BCUT2D eigenvalue weighted by Crippen LogP contribution is -2.36. The quantitative estimate of drug-likeness (QED) is 0.885. The maximum absolute atomic E-state index is 12.7. The summed E-state index contributed by atoms with van der Waals surface area (Å²) in [7, 11) is 0. The van der Waals surface area contributed by atoms with Crippen molar-refractivity contribution in [3.63, 3.8) is 0 Å². The molecule has 2 rings (SSSR count). The van der Waals surface area contributed by atoms with E-state index in [1.165, 1.54) is 0 Å². The molecule has 21 heavy (non-hydrogen) atoms. The van der Waals surface area contributed by atoms with Crippen molar-refractivity contribution in [3.05, 3.63) is 66.0 Å². The molecule has 1 atom stereocenters. The summed E-state index contributed by atoms with van der Waals surface area (Å²) in [6.45, 7) is 2.89. The molecule has 1 N–H and O–H groups in total. The van der Waals surface area contributed by atoms with Gasteiger partial charge in [0, 0.05) is 25.5 Å². The molecule has 0 saturated heterocycles. The number of carbonyl (C=O) groups is 1. The van der Waals surface area contributed by atoms with Gasteiger partial charge in [0.25, 0.3) is 0 Å². The SMILES string of the molecule is CCN(Cc1ccncc1)C(=O)[C@H](CO)c1ccccc1. The third-order valence-corrected chi connectivity index (χ3v) is 3.50. The van der Waals surface area contributed by atoms with Crippen LogP contribution in [0.4, 0.5) is 0 Å². The second-order valence-corrected chi connectivity index (χ2v) is 4.85. The van der Waals surface area contributed by atoms with E-state index in [9.17, 15) is 9.90 Å². The molecule has 4 heteroatoms. The highest BCUT2D eigenvalue weighted by atomic mass is 16.3. The van der Waals surface area contributed by atoms with Crippen LogP contribution in [0.2, 0.25) is 0 Å². The Bertz CT molecular complexity index is 558. The summed E-state index contributed by atoms with van der Waals surface area (Å²) in [5.74, 6) is -0.559. The number of aliphatic hydroxyl groups excluding tert-OH is 1. The van der Waals surface area contributed by atoms with E-state index in [4.69, 9.17) is 0 Å². The number of aliphatic hydroxyl groups is 1. The third kappa shape index (κ3) is 3.89. The number of likely N-dealkylation sites (N-methyl/N-ethyl adjacent to an activating group) is 1. The Hall–Kier alpha value is -2.20. The number of amides is 1. The van der Waals surface area contributed by atoms with Crippen molar-refractivity contribution in [1.29, 1.82) is 0 Å². The van der Waals surface area contributed by atoms with Gasteiger partial charge in [-0.25, -0.2) is 0 Å².